The first kappa shape index (κ1) is 11.7. The van der Waals surface area contributed by atoms with Crippen molar-refractivity contribution in [3.63, 3.8) is 0 Å². The van der Waals surface area contributed by atoms with Crippen LogP contribution in [0.3, 0.4) is 0 Å². The van der Waals surface area contributed by atoms with Crippen LogP contribution in [0.25, 0.3) is 0 Å². The highest BCUT2D eigenvalue weighted by atomic mass is 32.2. The maximum Gasteiger partial charge on any atom is 0.0187 e. The van der Waals surface area contributed by atoms with E-state index in [-0.39, 0.29) is 0 Å². The van der Waals surface area contributed by atoms with E-state index in [2.05, 4.69) is 42.2 Å². The highest BCUT2D eigenvalue weighted by Gasteiger charge is 2.19. The minimum Gasteiger partial charge on any atom is -0.310 e. The van der Waals surface area contributed by atoms with Gasteiger partial charge in [-0.3, -0.25) is 0 Å². The molecular weight excluding hydrogens is 214 g/mol. The zero-order valence-electron chi connectivity index (χ0n) is 9.61. The first-order valence-electron chi connectivity index (χ1n) is 5.86. The quantitative estimate of drug-likeness (QED) is 0.726. The summed E-state index contributed by atoms with van der Waals surface area (Å²) in [6.07, 6.45) is 2.70. The lowest BCUT2D eigenvalue weighted by Crippen LogP contribution is -2.19. The fourth-order valence-corrected chi connectivity index (χ4v) is 2.44. The molecule has 0 saturated heterocycles. The summed E-state index contributed by atoms with van der Waals surface area (Å²) >= 11 is 1.95. The van der Waals surface area contributed by atoms with Crippen molar-refractivity contribution in [2.45, 2.75) is 24.6 Å². The third-order valence-electron chi connectivity index (χ3n) is 2.64. The summed E-state index contributed by atoms with van der Waals surface area (Å²) in [7, 11) is 0. The Labute approximate surface area is 102 Å². The average Bonchev–Trinajstić information content (AvgIpc) is 3.12. The summed E-state index contributed by atoms with van der Waals surface area (Å²) in [6, 6.07) is 11.4. The van der Waals surface area contributed by atoms with Gasteiger partial charge in [0.2, 0.25) is 0 Å². The van der Waals surface area contributed by atoms with E-state index in [9.17, 15) is 0 Å². The molecule has 1 aromatic carbocycles. The molecule has 1 nitrogen and oxygen atoms in total. The molecule has 0 heterocycles. The van der Waals surface area contributed by atoms with E-state index in [1.807, 2.05) is 11.8 Å². The third-order valence-corrected chi connectivity index (χ3v) is 3.79. The predicted octanol–water partition coefficient (Wildman–Crippen LogP) is 3.23. The van der Waals surface area contributed by atoms with Crippen molar-refractivity contribution >= 4 is 11.8 Å². The lowest BCUT2D eigenvalue weighted by Gasteiger charge is -2.06. The largest absolute Gasteiger partial charge is 0.310 e. The van der Waals surface area contributed by atoms with E-state index >= 15 is 0 Å². The summed E-state index contributed by atoms with van der Waals surface area (Å²) in [5, 5.41) is 3.49. The second kappa shape index (κ2) is 6.12. The van der Waals surface area contributed by atoms with Gasteiger partial charge >= 0.3 is 0 Å². The molecule has 0 aromatic heterocycles. The van der Waals surface area contributed by atoms with E-state index < -0.39 is 0 Å². The van der Waals surface area contributed by atoms with Crippen LogP contribution in [0.5, 0.6) is 0 Å². The SMILES string of the molecule is C=C(CNC1CC1)CSCc1ccccc1. The topological polar surface area (TPSA) is 12.0 Å². The van der Waals surface area contributed by atoms with E-state index in [0.29, 0.717) is 0 Å². The van der Waals surface area contributed by atoms with Gasteiger partial charge in [0.1, 0.15) is 0 Å². The Bertz CT molecular complexity index is 330. The summed E-state index contributed by atoms with van der Waals surface area (Å²) < 4.78 is 0. The van der Waals surface area contributed by atoms with Crippen LogP contribution in [0.1, 0.15) is 18.4 Å². The van der Waals surface area contributed by atoms with Crippen LogP contribution in [0.2, 0.25) is 0 Å². The molecule has 2 heteroatoms. The molecule has 16 heavy (non-hydrogen) atoms. The molecule has 0 radical (unpaired) electrons. The molecular formula is C14H19NS. The van der Waals surface area contributed by atoms with Crippen molar-refractivity contribution < 1.29 is 0 Å². The van der Waals surface area contributed by atoms with E-state index in [1.165, 1.54) is 24.0 Å². The predicted molar refractivity (Wildman–Crippen MR) is 72.8 cm³/mol. The van der Waals surface area contributed by atoms with Crippen LogP contribution in [0.15, 0.2) is 42.5 Å². The van der Waals surface area contributed by atoms with Gasteiger partial charge in [-0.05, 0) is 18.4 Å². The summed E-state index contributed by atoms with van der Waals surface area (Å²) in [4.78, 5) is 0. The lowest BCUT2D eigenvalue weighted by atomic mass is 10.2. The summed E-state index contributed by atoms with van der Waals surface area (Å²) in [6.45, 7) is 5.09. The molecule has 0 amide bonds. The van der Waals surface area contributed by atoms with E-state index in [4.69, 9.17) is 0 Å². The first-order valence-corrected chi connectivity index (χ1v) is 7.02. The van der Waals surface area contributed by atoms with Crippen LogP contribution < -0.4 is 5.32 Å². The summed E-state index contributed by atoms with van der Waals surface area (Å²) in [5.74, 6) is 2.15. The van der Waals surface area contributed by atoms with Crippen molar-refractivity contribution in [3.8, 4) is 0 Å². The van der Waals surface area contributed by atoms with Gasteiger partial charge in [0.05, 0.1) is 0 Å². The Hall–Kier alpha value is -0.730. The average molecular weight is 233 g/mol. The Balaban J connectivity index is 1.58. The smallest absolute Gasteiger partial charge is 0.0187 e. The second-order valence-corrected chi connectivity index (χ2v) is 5.37. The molecule has 0 spiro atoms. The van der Waals surface area contributed by atoms with Gasteiger partial charge < -0.3 is 5.32 Å². The second-order valence-electron chi connectivity index (χ2n) is 4.38. The number of nitrogens with one attached hydrogen (secondary N) is 1. The van der Waals surface area contributed by atoms with E-state index in [0.717, 1.165) is 24.1 Å². The van der Waals surface area contributed by atoms with Gasteiger partial charge in [-0.2, -0.15) is 11.8 Å². The first-order chi connectivity index (χ1) is 7.84. The van der Waals surface area contributed by atoms with Crippen molar-refractivity contribution in [2.24, 2.45) is 0 Å². The van der Waals surface area contributed by atoms with E-state index in [1.54, 1.807) is 0 Å². The minimum absolute atomic E-state index is 0.788. The van der Waals surface area contributed by atoms with Crippen molar-refractivity contribution in [1.29, 1.82) is 0 Å². The van der Waals surface area contributed by atoms with Crippen molar-refractivity contribution in [2.75, 3.05) is 12.3 Å². The number of hydrogen-bond donors (Lipinski definition) is 1. The Morgan fingerprint density at radius 1 is 1.31 bits per heavy atom. The fourth-order valence-electron chi connectivity index (χ4n) is 1.51. The standard InChI is InChI=1S/C14H19NS/c1-12(9-15-14-7-8-14)10-16-11-13-5-3-2-4-6-13/h2-6,14-15H,1,7-11H2. The Morgan fingerprint density at radius 3 is 2.75 bits per heavy atom. The minimum atomic E-state index is 0.788. The molecule has 86 valence electrons. The molecule has 1 saturated carbocycles. The highest BCUT2D eigenvalue weighted by molar-refractivity contribution is 7.98. The maximum atomic E-state index is 4.10. The molecule has 1 fully saturated rings. The monoisotopic (exact) mass is 233 g/mol. The maximum absolute atomic E-state index is 4.10. The number of rotatable bonds is 7. The van der Waals surface area contributed by atoms with Gasteiger partial charge in [-0.25, -0.2) is 0 Å². The third kappa shape index (κ3) is 4.42. The number of hydrogen-bond acceptors (Lipinski definition) is 2. The van der Waals surface area contributed by atoms with Gasteiger partial charge in [-0.15, -0.1) is 0 Å². The molecule has 0 unspecified atom stereocenters. The van der Waals surface area contributed by atoms with Crippen molar-refractivity contribution in [1.82, 2.24) is 5.32 Å². The fraction of sp³-hybridized carbons (Fsp3) is 0.429. The van der Waals surface area contributed by atoms with Gasteiger partial charge in [0.15, 0.2) is 0 Å². The molecule has 2 rings (SSSR count). The highest BCUT2D eigenvalue weighted by Crippen LogP contribution is 2.19. The van der Waals surface area contributed by atoms with Crippen LogP contribution in [-0.4, -0.2) is 18.3 Å². The van der Waals surface area contributed by atoms with Gasteiger partial charge in [0, 0.05) is 24.1 Å². The van der Waals surface area contributed by atoms with Gasteiger partial charge in [-0.1, -0.05) is 42.5 Å². The van der Waals surface area contributed by atoms with Gasteiger partial charge in [0.25, 0.3) is 0 Å². The Morgan fingerprint density at radius 2 is 2.06 bits per heavy atom. The summed E-state index contributed by atoms with van der Waals surface area (Å²) in [5.41, 5.74) is 2.71. The molecule has 0 aliphatic heterocycles. The molecule has 1 N–H and O–H groups in total. The molecule has 0 bridgehead atoms. The zero-order chi connectivity index (χ0) is 11.2. The number of thioether (sulfide) groups is 1. The van der Waals surface area contributed by atoms with Crippen LogP contribution in [0.4, 0.5) is 0 Å². The van der Waals surface area contributed by atoms with Crippen LogP contribution >= 0.6 is 11.8 Å². The Kier molecular flexibility index (Phi) is 4.49. The number of benzene rings is 1. The lowest BCUT2D eigenvalue weighted by molar-refractivity contribution is 0.736. The molecule has 0 atom stereocenters. The normalized spacial score (nSPS) is 15.0. The van der Waals surface area contributed by atoms with Crippen molar-refractivity contribution in [3.05, 3.63) is 48.0 Å². The van der Waals surface area contributed by atoms with Crippen LogP contribution in [-0.2, 0) is 5.75 Å². The molecule has 1 aromatic rings. The van der Waals surface area contributed by atoms with Crippen LogP contribution in [0, 0.1) is 0 Å². The molecule has 1 aliphatic rings. The molecule has 1 aliphatic carbocycles. The zero-order valence-corrected chi connectivity index (χ0v) is 10.4.